The number of aromatic hydroxyl groups is 2. The van der Waals surface area contributed by atoms with E-state index in [1.807, 2.05) is 0 Å². The van der Waals surface area contributed by atoms with Crippen LogP contribution in [-0.2, 0) is 6.42 Å². The van der Waals surface area contributed by atoms with Crippen molar-refractivity contribution in [2.45, 2.75) is 6.42 Å². The Labute approximate surface area is 135 Å². The number of phenols is 2. The Hall–Kier alpha value is -1.55. The summed E-state index contributed by atoms with van der Waals surface area (Å²) in [6.45, 7) is 0. The predicted octanol–water partition coefficient (Wildman–Crippen LogP) is 5.03. The summed E-state index contributed by atoms with van der Waals surface area (Å²) in [6.07, 6.45) is 2.18. The molecule has 0 radical (unpaired) electrons. The number of rotatable bonds is 1. The molecule has 6 heteroatoms. The maximum absolute atomic E-state index is 9.77. The Morgan fingerprint density at radius 1 is 1.10 bits per heavy atom. The molecule has 0 unspecified atom stereocenters. The molecule has 1 aliphatic heterocycles. The first-order chi connectivity index (χ1) is 9.95. The highest BCUT2D eigenvalue weighted by Crippen LogP contribution is 2.44. The lowest BCUT2D eigenvalue weighted by molar-refractivity contribution is 0.368. The average Bonchev–Trinajstić information content (AvgIpc) is 2.83. The molecule has 0 spiro atoms. The van der Waals surface area contributed by atoms with Crippen molar-refractivity contribution in [3.8, 4) is 17.2 Å². The van der Waals surface area contributed by atoms with Crippen molar-refractivity contribution < 1.29 is 14.9 Å². The van der Waals surface area contributed by atoms with Crippen molar-refractivity contribution in [3.63, 3.8) is 0 Å². The summed E-state index contributed by atoms with van der Waals surface area (Å²) in [7, 11) is 0. The van der Waals surface area contributed by atoms with Gasteiger partial charge in [0.15, 0.2) is 11.5 Å². The van der Waals surface area contributed by atoms with Crippen LogP contribution >= 0.6 is 34.8 Å². The van der Waals surface area contributed by atoms with Gasteiger partial charge in [-0.05, 0) is 29.8 Å². The van der Waals surface area contributed by atoms with Crippen LogP contribution in [0, 0.1) is 0 Å². The van der Waals surface area contributed by atoms with Gasteiger partial charge in [-0.2, -0.15) is 0 Å². The van der Waals surface area contributed by atoms with Crippen LogP contribution in [0.2, 0.25) is 15.1 Å². The van der Waals surface area contributed by atoms with E-state index in [0.717, 1.165) is 5.56 Å². The van der Waals surface area contributed by atoms with Gasteiger partial charge < -0.3 is 14.9 Å². The van der Waals surface area contributed by atoms with Gasteiger partial charge in [0.25, 0.3) is 0 Å². The molecule has 21 heavy (non-hydrogen) atoms. The summed E-state index contributed by atoms with van der Waals surface area (Å²) in [4.78, 5) is 0. The van der Waals surface area contributed by atoms with Crippen molar-refractivity contribution in [1.82, 2.24) is 0 Å². The minimum atomic E-state index is -0.272. The predicted molar refractivity (Wildman–Crippen MR) is 83.6 cm³/mol. The summed E-state index contributed by atoms with van der Waals surface area (Å²) >= 11 is 18.1. The van der Waals surface area contributed by atoms with Gasteiger partial charge >= 0.3 is 0 Å². The second-order valence-electron chi connectivity index (χ2n) is 4.60. The molecule has 2 N–H and O–H groups in total. The van der Waals surface area contributed by atoms with Crippen LogP contribution < -0.4 is 4.74 Å². The molecule has 1 aliphatic rings. The number of phenolic OH excluding ortho intramolecular Hbond substituents is 2. The monoisotopic (exact) mass is 342 g/mol. The fourth-order valence-electron chi connectivity index (χ4n) is 2.15. The maximum Gasteiger partial charge on any atom is 0.201 e. The summed E-state index contributed by atoms with van der Waals surface area (Å²) in [5.74, 6) is 0.335. The van der Waals surface area contributed by atoms with Crippen molar-refractivity contribution in [1.29, 1.82) is 0 Å². The molecule has 0 saturated heterocycles. The third-order valence-corrected chi connectivity index (χ3v) is 4.16. The topological polar surface area (TPSA) is 49.7 Å². The number of hydrogen-bond donors (Lipinski definition) is 2. The van der Waals surface area contributed by atoms with E-state index in [9.17, 15) is 10.2 Å². The summed E-state index contributed by atoms with van der Waals surface area (Å²) in [5, 5.41) is 20.4. The standard InChI is InChI=1S/C15H9Cl3O3/c16-9-3-8(13(18)11(17)6-9)5-10-4-7-1-2-12(19)14(20)15(7)21-10/h1-3,5-6,19-20H,4H2. The molecular formula is C15H9Cl3O3. The molecule has 2 aromatic rings. The quantitative estimate of drug-likeness (QED) is 0.564. The van der Waals surface area contributed by atoms with Gasteiger partial charge in [0.2, 0.25) is 5.75 Å². The van der Waals surface area contributed by atoms with Crippen LogP contribution in [-0.4, -0.2) is 10.2 Å². The SMILES string of the molecule is Oc1ccc2c(c1O)OC(=Cc1cc(Cl)cc(Cl)c1Cl)C2. The third kappa shape index (κ3) is 2.64. The van der Waals surface area contributed by atoms with Gasteiger partial charge in [0.05, 0.1) is 10.0 Å². The first kappa shape index (κ1) is 14.4. The van der Waals surface area contributed by atoms with Crippen molar-refractivity contribution in [2.75, 3.05) is 0 Å². The van der Waals surface area contributed by atoms with Gasteiger partial charge in [0, 0.05) is 17.0 Å². The van der Waals surface area contributed by atoms with Gasteiger partial charge in [-0.25, -0.2) is 0 Å². The fourth-order valence-corrected chi connectivity index (χ4v) is 2.82. The molecule has 3 rings (SSSR count). The molecule has 0 aromatic heterocycles. The largest absolute Gasteiger partial charge is 0.504 e. The Balaban J connectivity index is 2.00. The van der Waals surface area contributed by atoms with Gasteiger partial charge in [-0.15, -0.1) is 0 Å². The zero-order valence-electron chi connectivity index (χ0n) is 10.5. The molecule has 1 heterocycles. The van der Waals surface area contributed by atoms with Crippen LogP contribution in [0.25, 0.3) is 6.08 Å². The summed E-state index contributed by atoms with van der Waals surface area (Å²) in [5.41, 5.74) is 1.40. The van der Waals surface area contributed by atoms with Crippen LogP contribution in [0.5, 0.6) is 17.2 Å². The van der Waals surface area contributed by atoms with E-state index in [1.165, 1.54) is 6.07 Å². The van der Waals surface area contributed by atoms with E-state index in [2.05, 4.69) is 0 Å². The molecule has 0 fully saturated rings. The lowest BCUT2D eigenvalue weighted by Crippen LogP contribution is -1.89. The Bertz CT molecular complexity index is 769. The van der Waals surface area contributed by atoms with Gasteiger partial charge in [0.1, 0.15) is 5.76 Å². The molecule has 0 saturated carbocycles. The Kier molecular flexibility index (Phi) is 3.66. The van der Waals surface area contributed by atoms with Crippen molar-refractivity contribution in [2.24, 2.45) is 0 Å². The zero-order valence-corrected chi connectivity index (χ0v) is 12.8. The molecule has 0 amide bonds. The van der Waals surface area contributed by atoms with Crippen LogP contribution in [0.15, 0.2) is 30.0 Å². The number of ether oxygens (including phenoxy) is 1. The van der Waals surface area contributed by atoms with E-state index in [0.29, 0.717) is 32.8 Å². The molecular weight excluding hydrogens is 335 g/mol. The molecule has 2 aromatic carbocycles. The summed E-state index contributed by atoms with van der Waals surface area (Å²) in [6, 6.07) is 6.34. The number of allylic oxidation sites excluding steroid dienone is 1. The van der Waals surface area contributed by atoms with E-state index >= 15 is 0 Å². The smallest absolute Gasteiger partial charge is 0.201 e. The molecule has 3 nitrogen and oxygen atoms in total. The van der Waals surface area contributed by atoms with E-state index in [1.54, 1.807) is 24.3 Å². The highest BCUT2D eigenvalue weighted by molar-refractivity contribution is 6.44. The van der Waals surface area contributed by atoms with Crippen LogP contribution in [0.3, 0.4) is 0 Å². The second-order valence-corrected chi connectivity index (χ2v) is 5.82. The second kappa shape index (κ2) is 5.34. The lowest BCUT2D eigenvalue weighted by atomic mass is 10.1. The van der Waals surface area contributed by atoms with E-state index in [-0.39, 0.29) is 17.2 Å². The molecule has 0 atom stereocenters. The first-order valence-corrected chi connectivity index (χ1v) is 7.16. The maximum atomic E-state index is 9.77. The Morgan fingerprint density at radius 2 is 1.86 bits per heavy atom. The zero-order chi connectivity index (χ0) is 15.1. The highest BCUT2D eigenvalue weighted by Gasteiger charge is 2.23. The number of halogens is 3. The molecule has 0 bridgehead atoms. The molecule has 0 aliphatic carbocycles. The van der Waals surface area contributed by atoms with Crippen LogP contribution in [0.1, 0.15) is 11.1 Å². The van der Waals surface area contributed by atoms with E-state index < -0.39 is 0 Å². The summed E-state index contributed by atoms with van der Waals surface area (Å²) < 4.78 is 5.56. The fraction of sp³-hybridized carbons (Fsp3) is 0.0667. The highest BCUT2D eigenvalue weighted by atomic mass is 35.5. The minimum absolute atomic E-state index is 0.223. The lowest BCUT2D eigenvalue weighted by Gasteiger charge is -2.05. The van der Waals surface area contributed by atoms with Gasteiger partial charge in [-0.1, -0.05) is 40.9 Å². The normalized spacial score (nSPS) is 15.1. The minimum Gasteiger partial charge on any atom is -0.504 e. The first-order valence-electron chi connectivity index (χ1n) is 6.02. The van der Waals surface area contributed by atoms with Crippen molar-refractivity contribution in [3.05, 3.63) is 56.2 Å². The Morgan fingerprint density at radius 3 is 2.62 bits per heavy atom. The van der Waals surface area contributed by atoms with Gasteiger partial charge in [-0.3, -0.25) is 0 Å². The average molecular weight is 344 g/mol. The van der Waals surface area contributed by atoms with Crippen LogP contribution in [0.4, 0.5) is 0 Å². The third-order valence-electron chi connectivity index (χ3n) is 3.13. The number of benzene rings is 2. The number of hydrogen-bond acceptors (Lipinski definition) is 3. The molecule has 108 valence electrons. The van der Waals surface area contributed by atoms with E-state index in [4.69, 9.17) is 39.5 Å². The van der Waals surface area contributed by atoms with Crippen molar-refractivity contribution >= 4 is 40.9 Å². The number of fused-ring (bicyclic) bond motifs is 1.